The zero-order valence-electron chi connectivity index (χ0n) is 11.0. The maximum atomic E-state index is 3.55. The van der Waals surface area contributed by atoms with Crippen molar-refractivity contribution in [3.05, 3.63) is 78.4 Å². The summed E-state index contributed by atoms with van der Waals surface area (Å²) in [6, 6.07) is 25.8. The molecule has 0 heterocycles. The fourth-order valence-corrected chi connectivity index (χ4v) is 2.35. The van der Waals surface area contributed by atoms with Gasteiger partial charge >= 0.3 is 0 Å². The molecule has 3 aromatic rings. The molecule has 0 amide bonds. The monoisotopic (exact) mass is 247 g/mol. The van der Waals surface area contributed by atoms with E-state index in [4.69, 9.17) is 0 Å². The van der Waals surface area contributed by atoms with E-state index in [9.17, 15) is 0 Å². The van der Waals surface area contributed by atoms with Gasteiger partial charge in [-0.3, -0.25) is 0 Å². The van der Waals surface area contributed by atoms with Crippen LogP contribution < -0.4 is 5.32 Å². The van der Waals surface area contributed by atoms with Crippen molar-refractivity contribution in [1.29, 1.82) is 0 Å². The summed E-state index contributed by atoms with van der Waals surface area (Å²) in [4.78, 5) is 0. The number of rotatable bonds is 3. The van der Waals surface area contributed by atoms with Crippen molar-refractivity contribution in [2.75, 3.05) is 5.32 Å². The van der Waals surface area contributed by atoms with Gasteiger partial charge in [-0.25, -0.2) is 0 Å². The number of hydrogen-bond donors (Lipinski definition) is 1. The Kier molecular flexibility index (Phi) is 3.20. The van der Waals surface area contributed by atoms with Crippen molar-refractivity contribution in [3.63, 3.8) is 0 Å². The molecule has 0 spiro atoms. The lowest BCUT2D eigenvalue weighted by Gasteiger charge is -2.16. The fourth-order valence-electron chi connectivity index (χ4n) is 2.35. The summed E-state index contributed by atoms with van der Waals surface area (Å²) < 4.78 is 0. The van der Waals surface area contributed by atoms with Crippen LogP contribution in [0.15, 0.2) is 72.8 Å². The molecule has 0 bridgehead atoms. The second-order valence-electron chi connectivity index (χ2n) is 4.84. The average molecular weight is 247 g/mol. The van der Waals surface area contributed by atoms with Gasteiger partial charge in [-0.15, -0.1) is 0 Å². The van der Waals surface area contributed by atoms with Crippen molar-refractivity contribution in [3.8, 4) is 0 Å². The highest BCUT2D eigenvalue weighted by Gasteiger charge is 2.04. The first-order valence-electron chi connectivity index (χ1n) is 6.63. The minimum Gasteiger partial charge on any atom is -0.379 e. The number of anilines is 1. The normalized spacial score (nSPS) is 12.3. The Balaban J connectivity index is 1.85. The molecule has 1 nitrogen and oxygen atoms in total. The molecule has 3 aromatic carbocycles. The zero-order chi connectivity index (χ0) is 13.1. The predicted molar refractivity (Wildman–Crippen MR) is 82.4 cm³/mol. The van der Waals surface area contributed by atoms with Crippen molar-refractivity contribution in [2.45, 2.75) is 13.0 Å². The Morgan fingerprint density at radius 2 is 1.42 bits per heavy atom. The molecule has 94 valence electrons. The van der Waals surface area contributed by atoms with Crippen LogP contribution in [0, 0.1) is 0 Å². The first-order valence-corrected chi connectivity index (χ1v) is 6.63. The van der Waals surface area contributed by atoms with Crippen LogP contribution in [0.25, 0.3) is 10.8 Å². The van der Waals surface area contributed by atoms with Crippen LogP contribution in [-0.4, -0.2) is 0 Å². The fraction of sp³-hybridized carbons (Fsp3) is 0.111. The van der Waals surface area contributed by atoms with Crippen molar-refractivity contribution in [2.24, 2.45) is 0 Å². The zero-order valence-corrected chi connectivity index (χ0v) is 11.0. The van der Waals surface area contributed by atoms with Crippen LogP contribution in [0.4, 0.5) is 5.69 Å². The van der Waals surface area contributed by atoms with Gasteiger partial charge in [0.2, 0.25) is 0 Å². The molecule has 0 radical (unpaired) electrons. The van der Waals surface area contributed by atoms with Gasteiger partial charge in [-0.1, -0.05) is 60.7 Å². The Morgan fingerprint density at radius 1 is 0.737 bits per heavy atom. The van der Waals surface area contributed by atoms with E-state index in [1.54, 1.807) is 0 Å². The molecule has 19 heavy (non-hydrogen) atoms. The van der Waals surface area contributed by atoms with Crippen molar-refractivity contribution < 1.29 is 0 Å². The van der Waals surface area contributed by atoms with Crippen LogP contribution in [0.5, 0.6) is 0 Å². The summed E-state index contributed by atoms with van der Waals surface area (Å²) in [5, 5.41) is 6.10. The quantitative estimate of drug-likeness (QED) is 0.685. The van der Waals surface area contributed by atoms with Crippen LogP contribution in [-0.2, 0) is 0 Å². The van der Waals surface area contributed by atoms with E-state index in [-0.39, 0.29) is 0 Å². The number of benzene rings is 3. The molecule has 3 rings (SSSR count). The Hall–Kier alpha value is -2.28. The number of hydrogen-bond acceptors (Lipinski definition) is 1. The molecule has 1 unspecified atom stereocenters. The summed E-state index contributed by atoms with van der Waals surface area (Å²) >= 11 is 0. The van der Waals surface area contributed by atoms with Gasteiger partial charge in [-0.05, 0) is 35.4 Å². The van der Waals surface area contributed by atoms with Crippen molar-refractivity contribution >= 4 is 16.5 Å². The lowest BCUT2D eigenvalue weighted by atomic mass is 10.1. The summed E-state index contributed by atoms with van der Waals surface area (Å²) in [5.41, 5.74) is 2.46. The third-order valence-corrected chi connectivity index (χ3v) is 3.43. The maximum Gasteiger partial charge on any atom is 0.0485 e. The maximum absolute atomic E-state index is 3.55. The Morgan fingerprint density at radius 3 is 2.21 bits per heavy atom. The topological polar surface area (TPSA) is 12.0 Å². The van der Waals surface area contributed by atoms with Crippen molar-refractivity contribution in [1.82, 2.24) is 0 Å². The van der Waals surface area contributed by atoms with Gasteiger partial charge in [-0.2, -0.15) is 0 Å². The lowest BCUT2D eigenvalue weighted by Crippen LogP contribution is -2.06. The van der Waals surface area contributed by atoms with E-state index in [1.165, 1.54) is 16.3 Å². The molecule has 0 aromatic heterocycles. The SMILES string of the molecule is CC(Nc1ccc2ccccc2c1)c1ccccc1. The molecule has 0 aliphatic carbocycles. The van der Waals surface area contributed by atoms with Crippen LogP contribution in [0.2, 0.25) is 0 Å². The van der Waals surface area contributed by atoms with Crippen LogP contribution in [0.1, 0.15) is 18.5 Å². The number of nitrogens with one attached hydrogen (secondary N) is 1. The molecular weight excluding hydrogens is 230 g/mol. The largest absolute Gasteiger partial charge is 0.379 e. The molecule has 0 aliphatic heterocycles. The Labute approximate surface area is 113 Å². The average Bonchev–Trinajstić information content (AvgIpc) is 2.48. The van der Waals surface area contributed by atoms with E-state index >= 15 is 0 Å². The first-order chi connectivity index (χ1) is 9.33. The van der Waals surface area contributed by atoms with Gasteiger partial charge in [0.15, 0.2) is 0 Å². The molecule has 0 aliphatic rings. The lowest BCUT2D eigenvalue weighted by molar-refractivity contribution is 0.885. The van der Waals surface area contributed by atoms with Gasteiger partial charge in [0.25, 0.3) is 0 Å². The Bertz CT molecular complexity index is 673. The highest BCUT2D eigenvalue weighted by Crippen LogP contribution is 2.23. The van der Waals surface area contributed by atoms with Gasteiger partial charge < -0.3 is 5.32 Å². The molecule has 0 saturated heterocycles. The van der Waals surface area contributed by atoms with E-state index in [0.29, 0.717) is 6.04 Å². The highest BCUT2D eigenvalue weighted by atomic mass is 14.9. The van der Waals surface area contributed by atoms with Gasteiger partial charge in [0.1, 0.15) is 0 Å². The highest BCUT2D eigenvalue weighted by molar-refractivity contribution is 5.85. The van der Waals surface area contributed by atoms with Crippen LogP contribution >= 0.6 is 0 Å². The second-order valence-corrected chi connectivity index (χ2v) is 4.84. The number of fused-ring (bicyclic) bond motifs is 1. The molecule has 1 N–H and O–H groups in total. The molecule has 0 fully saturated rings. The minimum absolute atomic E-state index is 0.308. The summed E-state index contributed by atoms with van der Waals surface area (Å²) in [6.45, 7) is 2.19. The van der Waals surface area contributed by atoms with E-state index in [1.807, 2.05) is 6.07 Å². The predicted octanol–water partition coefficient (Wildman–Crippen LogP) is 5.01. The third-order valence-electron chi connectivity index (χ3n) is 3.43. The van der Waals surface area contributed by atoms with Gasteiger partial charge in [0.05, 0.1) is 0 Å². The summed E-state index contributed by atoms with van der Waals surface area (Å²) in [5.74, 6) is 0. The third kappa shape index (κ3) is 2.60. The minimum atomic E-state index is 0.308. The molecule has 0 saturated carbocycles. The molecular formula is C18H17N. The van der Waals surface area contributed by atoms with E-state index < -0.39 is 0 Å². The van der Waals surface area contributed by atoms with Gasteiger partial charge in [0, 0.05) is 11.7 Å². The summed E-state index contributed by atoms with van der Waals surface area (Å²) in [7, 11) is 0. The van der Waals surface area contributed by atoms with E-state index in [0.717, 1.165) is 5.69 Å². The smallest absolute Gasteiger partial charge is 0.0485 e. The standard InChI is InChI=1S/C18H17N/c1-14(15-7-3-2-4-8-15)19-18-12-11-16-9-5-6-10-17(16)13-18/h2-14,19H,1H3. The van der Waals surface area contributed by atoms with Crippen LogP contribution in [0.3, 0.4) is 0 Å². The first kappa shape index (κ1) is 11.8. The molecule has 1 heteroatoms. The summed E-state index contributed by atoms with van der Waals surface area (Å²) in [6.07, 6.45) is 0. The second kappa shape index (κ2) is 5.15. The molecule has 1 atom stereocenters. The van der Waals surface area contributed by atoms with E-state index in [2.05, 4.69) is 79.0 Å².